The van der Waals surface area contributed by atoms with Crippen LogP contribution in [0.25, 0.3) is 0 Å². The predicted octanol–water partition coefficient (Wildman–Crippen LogP) is 5.76. The van der Waals surface area contributed by atoms with Crippen LogP contribution in [-0.4, -0.2) is 22.4 Å². The lowest BCUT2D eigenvalue weighted by molar-refractivity contribution is -0.384. The van der Waals surface area contributed by atoms with Crippen LogP contribution >= 0.6 is 0 Å². The Bertz CT molecular complexity index is 1070. The number of halogens is 3. The van der Waals surface area contributed by atoms with E-state index in [1.54, 1.807) is 60.7 Å². The van der Waals surface area contributed by atoms with E-state index in [1.165, 1.54) is 4.90 Å². The summed E-state index contributed by atoms with van der Waals surface area (Å²) >= 11 is 0. The first-order valence-corrected chi connectivity index (χ1v) is 10.1. The summed E-state index contributed by atoms with van der Waals surface area (Å²) in [6, 6.07) is 19.6. The molecule has 0 bridgehead atoms. The van der Waals surface area contributed by atoms with Crippen molar-refractivity contribution < 1.29 is 28.0 Å². The minimum atomic E-state index is -2.99. The highest BCUT2D eigenvalue weighted by Gasteiger charge is 2.33. The summed E-state index contributed by atoms with van der Waals surface area (Å²) in [5.41, 5.74) is -0.0747. The number of nitrogens with zero attached hydrogens (tertiary/aromatic N) is 2. The number of nitro groups is 1. The van der Waals surface area contributed by atoms with Gasteiger partial charge in [0.25, 0.3) is 5.69 Å². The van der Waals surface area contributed by atoms with E-state index in [9.17, 15) is 28.8 Å². The van der Waals surface area contributed by atoms with Gasteiger partial charge in [0.05, 0.1) is 10.8 Å². The smallest absolute Gasteiger partial charge is 0.311 e. The molecule has 33 heavy (non-hydrogen) atoms. The Kier molecular flexibility index (Phi) is 7.66. The molecule has 0 aliphatic rings. The van der Waals surface area contributed by atoms with Crippen LogP contribution in [0.1, 0.15) is 29.0 Å². The third kappa shape index (κ3) is 5.88. The van der Waals surface area contributed by atoms with Crippen molar-refractivity contribution in [2.45, 2.75) is 31.9 Å². The number of carboxylic acids is 1. The Hall–Kier alpha value is -3.88. The van der Waals surface area contributed by atoms with Crippen LogP contribution in [0.2, 0.25) is 0 Å². The lowest BCUT2D eigenvalue weighted by atomic mass is 9.94. The zero-order valence-electron chi connectivity index (χ0n) is 17.4. The number of rotatable bonds is 10. The first kappa shape index (κ1) is 23.8. The maximum absolute atomic E-state index is 15.8. The van der Waals surface area contributed by atoms with Crippen LogP contribution in [0.15, 0.2) is 72.8 Å². The van der Waals surface area contributed by atoms with Crippen molar-refractivity contribution in [3.8, 4) is 0 Å². The minimum Gasteiger partial charge on any atom is -0.481 e. The molecule has 3 aromatic rings. The van der Waals surface area contributed by atoms with Gasteiger partial charge in [-0.3, -0.25) is 14.9 Å². The van der Waals surface area contributed by atoms with Crippen LogP contribution in [-0.2, 0) is 17.9 Å². The first-order chi connectivity index (χ1) is 15.8. The summed E-state index contributed by atoms with van der Waals surface area (Å²) in [5.74, 6) is -4.67. The molecule has 1 atom stereocenters. The van der Waals surface area contributed by atoms with E-state index in [1.807, 2.05) is 0 Å². The molecular weight excluding hydrogens is 437 g/mol. The second kappa shape index (κ2) is 10.6. The molecule has 0 radical (unpaired) electrons. The summed E-state index contributed by atoms with van der Waals surface area (Å²) in [5, 5.41) is 21.2. The molecule has 0 heterocycles. The van der Waals surface area contributed by atoms with Gasteiger partial charge in [0, 0.05) is 31.1 Å². The average molecular weight is 458 g/mol. The minimum absolute atomic E-state index is 0.0729. The fourth-order valence-corrected chi connectivity index (χ4v) is 3.65. The van der Waals surface area contributed by atoms with Gasteiger partial charge in [0.2, 0.25) is 6.43 Å². The molecule has 0 aliphatic heterocycles. The van der Waals surface area contributed by atoms with Gasteiger partial charge in [-0.2, -0.15) is 0 Å². The molecule has 0 spiro atoms. The van der Waals surface area contributed by atoms with Gasteiger partial charge in [-0.15, -0.1) is 0 Å². The Balaban J connectivity index is 2.17. The van der Waals surface area contributed by atoms with Crippen LogP contribution in [0, 0.1) is 15.9 Å². The number of hydrogen-bond acceptors (Lipinski definition) is 4. The molecule has 0 aromatic heterocycles. The van der Waals surface area contributed by atoms with Gasteiger partial charge in [0.15, 0.2) is 11.5 Å². The lowest BCUT2D eigenvalue weighted by Crippen LogP contribution is -2.26. The van der Waals surface area contributed by atoms with Crippen molar-refractivity contribution >= 4 is 17.3 Å². The van der Waals surface area contributed by atoms with Crippen molar-refractivity contribution in [1.82, 2.24) is 0 Å². The third-order valence-electron chi connectivity index (χ3n) is 5.16. The molecule has 1 unspecified atom stereocenters. The van der Waals surface area contributed by atoms with Crippen molar-refractivity contribution in [3.63, 3.8) is 0 Å². The van der Waals surface area contributed by atoms with Crippen LogP contribution in [0.5, 0.6) is 0 Å². The summed E-state index contributed by atoms with van der Waals surface area (Å²) in [6.07, 6.45) is -4.10. The molecule has 0 aliphatic carbocycles. The SMILES string of the molecule is O=C(O)C(CC(F)F)c1ccc([N+](=O)[O-])c(N(Cc2ccccc2)Cc2ccccc2)c1F. The molecule has 0 saturated heterocycles. The number of carbonyl (C=O) groups is 1. The zero-order valence-corrected chi connectivity index (χ0v) is 17.4. The fraction of sp³-hybridized carbons (Fsp3) is 0.208. The maximum Gasteiger partial charge on any atom is 0.311 e. The van der Waals surface area contributed by atoms with Crippen molar-refractivity contribution in [2.75, 3.05) is 4.90 Å². The number of carboxylic acid groups (broad SMARTS) is 1. The summed E-state index contributed by atoms with van der Waals surface area (Å²) in [4.78, 5) is 24.0. The topological polar surface area (TPSA) is 83.7 Å². The Morgan fingerprint density at radius 3 is 1.88 bits per heavy atom. The van der Waals surface area contributed by atoms with Crippen LogP contribution < -0.4 is 4.90 Å². The van der Waals surface area contributed by atoms with Gasteiger partial charge < -0.3 is 10.0 Å². The zero-order chi connectivity index (χ0) is 24.0. The van der Waals surface area contributed by atoms with Crippen molar-refractivity contribution in [1.29, 1.82) is 0 Å². The predicted molar refractivity (Wildman–Crippen MR) is 117 cm³/mol. The van der Waals surface area contributed by atoms with E-state index in [0.29, 0.717) is 0 Å². The number of anilines is 1. The van der Waals surface area contributed by atoms with Gasteiger partial charge in [0.1, 0.15) is 0 Å². The van der Waals surface area contributed by atoms with Crippen LogP contribution in [0.3, 0.4) is 0 Å². The fourth-order valence-electron chi connectivity index (χ4n) is 3.65. The molecule has 3 aromatic carbocycles. The lowest BCUT2D eigenvalue weighted by Gasteiger charge is -2.27. The highest BCUT2D eigenvalue weighted by molar-refractivity contribution is 5.78. The van der Waals surface area contributed by atoms with Gasteiger partial charge >= 0.3 is 5.97 Å². The van der Waals surface area contributed by atoms with E-state index in [4.69, 9.17) is 0 Å². The Labute approximate surface area is 188 Å². The monoisotopic (exact) mass is 458 g/mol. The molecular formula is C24H21F3N2O4. The largest absolute Gasteiger partial charge is 0.481 e. The Morgan fingerprint density at radius 2 is 1.45 bits per heavy atom. The van der Waals surface area contributed by atoms with Crippen molar-refractivity contribution in [2.24, 2.45) is 0 Å². The standard InChI is InChI=1S/C24H21F3N2O4/c25-21(26)13-19(24(30)31)18-11-12-20(29(32)33)23(22(18)27)28(14-16-7-3-1-4-8-16)15-17-9-5-2-6-10-17/h1-12,19,21H,13-15H2,(H,30,31). The molecule has 3 rings (SSSR count). The maximum atomic E-state index is 15.8. The molecule has 6 nitrogen and oxygen atoms in total. The highest BCUT2D eigenvalue weighted by atomic mass is 19.3. The second-order valence-electron chi connectivity index (χ2n) is 7.44. The van der Waals surface area contributed by atoms with E-state index in [-0.39, 0.29) is 13.1 Å². The summed E-state index contributed by atoms with van der Waals surface area (Å²) < 4.78 is 41.8. The first-order valence-electron chi connectivity index (χ1n) is 10.1. The van der Waals surface area contributed by atoms with E-state index >= 15 is 4.39 Å². The van der Waals surface area contributed by atoms with E-state index < -0.39 is 52.4 Å². The molecule has 9 heteroatoms. The second-order valence-corrected chi connectivity index (χ2v) is 7.44. The number of aliphatic carboxylic acids is 1. The summed E-state index contributed by atoms with van der Waals surface area (Å²) in [7, 11) is 0. The molecule has 0 saturated carbocycles. The van der Waals surface area contributed by atoms with E-state index in [0.717, 1.165) is 23.3 Å². The molecule has 172 valence electrons. The number of benzene rings is 3. The van der Waals surface area contributed by atoms with Crippen LogP contribution in [0.4, 0.5) is 24.5 Å². The third-order valence-corrected chi connectivity index (χ3v) is 5.16. The summed E-state index contributed by atoms with van der Waals surface area (Å²) in [6.45, 7) is 0.146. The number of hydrogen-bond donors (Lipinski definition) is 1. The van der Waals surface area contributed by atoms with Gasteiger partial charge in [-0.1, -0.05) is 60.7 Å². The Morgan fingerprint density at radius 1 is 0.939 bits per heavy atom. The molecule has 0 amide bonds. The highest BCUT2D eigenvalue weighted by Crippen LogP contribution is 2.39. The number of alkyl halides is 2. The average Bonchev–Trinajstić information content (AvgIpc) is 2.78. The van der Waals surface area contributed by atoms with E-state index in [2.05, 4.69) is 0 Å². The van der Waals surface area contributed by atoms with Crippen molar-refractivity contribution in [3.05, 3.63) is 105 Å². The quantitative estimate of drug-likeness (QED) is 0.308. The number of nitro benzene ring substituents is 1. The molecule has 0 fully saturated rings. The van der Waals surface area contributed by atoms with Gasteiger partial charge in [-0.25, -0.2) is 13.2 Å². The normalized spacial score (nSPS) is 11.9. The molecule has 1 N–H and O–H groups in total. The van der Waals surface area contributed by atoms with Gasteiger partial charge in [-0.05, 0) is 17.2 Å².